The first-order valence-electron chi connectivity index (χ1n) is 6.69. The van der Waals surface area contributed by atoms with Crippen LogP contribution in [0.15, 0.2) is 24.3 Å². The zero-order valence-corrected chi connectivity index (χ0v) is 13.0. The number of hydrogen-bond donors (Lipinski definition) is 1. The van der Waals surface area contributed by atoms with Crippen molar-refractivity contribution in [1.29, 1.82) is 0 Å². The number of nitrogens with zero attached hydrogens (tertiary/aromatic N) is 1. The minimum Gasteiger partial charge on any atom is -0.330 e. The number of aromatic nitrogens is 1. The Bertz CT molecular complexity index is 547. The molecule has 0 spiro atoms. The van der Waals surface area contributed by atoms with E-state index in [0.29, 0.717) is 6.54 Å². The van der Waals surface area contributed by atoms with Crippen LogP contribution in [-0.4, -0.2) is 11.5 Å². The summed E-state index contributed by atoms with van der Waals surface area (Å²) >= 11 is 1.75. The van der Waals surface area contributed by atoms with Crippen molar-refractivity contribution in [2.75, 3.05) is 6.54 Å². The molecule has 1 heterocycles. The standard InChI is InChI=1S/C16H22N2S/c1-11-18-15(14(19-11)9-10-17)12-5-7-13(8-6-12)16(2,3)4/h5-8H,9-10,17H2,1-4H3. The van der Waals surface area contributed by atoms with Crippen molar-refractivity contribution >= 4 is 11.3 Å². The smallest absolute Gasteiger partial charge is 0.0904 e. The van der Waals surface area contributed by atoms with Crippen molar-refractivity contribution in [3.05, 3.63) is 39.7 Å². The molecule has 0 saturated heterocycles. The molecule has 2 nitrogen and oxygen atoms in total. The van der Waals surface area contributed by atoms with Gasteiger partial charge < -0.3 is 5.73 Å². The van der Waals surface area contributed by atoms with Crippen LogP contribution in [0.5, 0.6) is 0 Å². The second kappa shape index (κ2) is 5.43. The molecule has 0 fully saturated rings. The lowest BCUT2D eigenvalue weighted by molar-refractivity contribution is 0.590. The van der Waals surface area contributed by atoms with Crippen LogP contribution in [0, 0.1) is 6.92 Å². The Balaban J connectivity index is 2.37. The lowest BCUT2D eigenvalue weighted by atomic mass is 9.86. The van der Waals surface area contributed by atoms with E-state index in [2.05, 4.69) is 56.9 Å². The number of aryl methyl sites for hydroxylation is 1. The van der Waals surface area contributed by atoms with Crippen LogP contribution < -0.4 is 5.73 Å². The van der Waals surface area contributed by atoms with Gasteiger partial charge >= 0.3 is 0 Å². The monoisotopic (exact) mass is 274 g/mol. The molecule has 0 aliphatic rings. The first-order chi connectivity index (χ1) is 8.91. The van der Waals surface area contributed by atoms with E-state index in [1.165, 1.54) is 16.0 Å². The molecule has 2 aromatic rings. The molecule has 0 saturated carbocycles. The van der Waals surface area contributed by atoms with Gasteiger partial charge in [-0.25, -0.2) is 4.98 Å². The van der Waals surface area contributed by atoms with Crippen LogP contribution in [-0.2, 0) is 11.8 Å². The fourth-order valence-corrected chi connectivity index (χ4v) is 3.10. The molecule has 0 aliphatic carbocycles. The number of thiazole rings is 1. The molecule has 0 atom stereocenters. The lowest BCUT2D eigenvalue weighted by Gasteiger charge is -2.19. The number of rotatable bonds is 3. The molecule has 1 aromatic carbocycles. The van der Waals surface area contributed by atoms with Gasteiger partial charge in [-0.3, -0.25) is 0 Å². The van der Waals surface area contributed by atoms with Gasteiger partial charge in [0, 0.05) is 10.4 Å². The van der Waals surface area contributed by atoms with E-state index < -0.39 is 0 Å². The highest BCUT2D eigenvalue weighted by atomic mass is 32.1. The van der Waals surface area contributed by atoms with Crippen molar-refractivity contribution < 1.29 is 0 Å². The predicted molar refractivity (Wildman–Crippen MR) is 83.7 cm³/mol. The summed E-state index contributed by atoms with van der Waals surface area (Å²) in [5.74, 6) is 0. The van der Waals surface area contributed by atoms with Gasteiger partial charge in [-0.1, -0.05) is 45.0 Å². The molecular formula is C16H22N2S. The second-order valence-corrected chi connectivity index (χ2v) is 7.16. The van der Waals surface area contributed by atoms with Gasteiger partial charge in [0.05, 0.1) is 10.7 Å². The van der Waals surface area contributed by atoms with Crippen LogP contribution in [0.1, 0.15) is 36.2 Å². The summed E-state index contributed by atoms with van der Waals surface area (Å²) in [6, 6.07) is 8.76. The Morgan fingerprint density at radius 3 is 2.32 bits per heavy atom. The quantitative estimate of drug-likeness (QED) is 0.921. The van der Waals surface area contributed by atoms with E-state index in [9.17, 15) is 0 Å². The first kappa shape index (κ1) is 14.2. The minimum atomic E-state index is 0.191. The largest absolute Gasteiger partial charge is 0.330 e. The summed E-state index contributed by atoms with van der Waals surface area (Å²) in [6.45, 7) is 9.42. The Labute approximate surface area is 119 Å². The first-order valence-corrected chi connectivity index (χ1v) is 7.51. The van der Waals surface area contributed by atoms with E-state index in [1.54, 1.807) is 11.3 Å². The van der Waals surface area contributed by atoms with Gasteiger partial charge in [0.15, 0.2) is 0 Å². The van der Waals surface area contributed by atoms with Crippen LogP contribution in [0.4, 0.5) is 0 Å². The van der Waals surface area contributed by atoms with Crippen LogP contribution in [0.3, 0.4) is 0 Å². The van der Waals surface area contributed by atoms with Gasteiger partial charge in [-0.2, -0.15) is 0 Å². The Morgan fingerprint density at radius 1 is 1.16 bits per heavy atom. The fourth-order valence-electron chi connectivity index (χ4n) is 2.12. The molecule has 0 radical (unpaired) electrons. The van der Waals surface area contributed by atoms with E-state index in [-0.39, 0.29) is 5.41 Å². The molecule has 2 rings (SSSR count). The van der Waals surface area contributed by atoms with E-state index in [1.807, 2.05) is 0 Å². The molecular weight excluding hydrogens is 252 g/mol. The van der Waals surface area contributed by atoms with Gasteiger partial charge in [-0.05, 0) is 30.9 Å². The third kappa shape index (κ3) is 3.23. The van der Waals surface area contributed by atoms with Crippen molar-refractivity contribution in [1.82, 2.24) is 4.98 Å². The number of benzene rings is 1. The minimum absolute atomic E-state index is 0.191. The van der Waals surface area contributed by atoms with Crippen molar-refractivity contribution in [3.63, 3.8) is 0 Å². The average molecular weight is 274 g/mol. The van der Waals surface area contributed by atoms with E-state index in [4.69, 9.17) is 5.73 Å². The predicted octanol–water partition coefficient (Wildman–Crippen LogP) is 3.92. The second-order valence-electron chi connectivity index (χ2n) is 5.87. The molecule has 0 aliphatic heterocycles. The maximum atomic E-state index is 5.68. The molecule has 102 valence electrons. The molecule has 3 heteroatoms. The zero-order valence-electron chi connectivity index (χ0n) is 12.2. The fraction of sp³-hybridized carbons (Fsp3) is 0.438. The Kier molecular flexibility index (Phi) is 4.07. The maximum Gasteiger partial charge on any atom is 0.0904 e. The molecule has 0 amide bonds. The van der Waals surface area contributed by atoms with Gasteiger partial charge in [0.1, 0.15) is 0 Å². The topological polar surface area (TPSA) is 38.9 Å². The number of hydrogen-bond acceptors (Lipinski definition) is 3. The average Bonchev–Trinajstić information content (AvgIpc) is 2.70. The lowest BCUT2D eigenvalue weighted by Crippen LogP contribution is -2.10. The normalized spacial score (nSPS) is 11.8. The Hall–Kier alpha value is -1.19. The van der Waals surface area contributed by atoms with Gasteiger partial charge in [0.2, 0.25) is 0 Å². The summed E-state index contributed by atoms with van der Waals surface area (Å²) in [5.41, 5.74) is 9.52. The van der Waals surface area contributed by atoms with Crippen molar-refractivity contribution in [2.45, 2.75) is 39.5 Å². The highest BCUT2D eigenvalue weighted by Crippen LogP contribution is 2.30. The van der Waals surface area contributed by atoms with Crippen molar-refractivity contribution in [3.8, 4) is 11.3 Å². The summed E-state index contributed by atoms with van der Waals surface area (Å²) in [4.78, 5) is 5.95. The summed E-state index contributed by atoms with van der Waals surface area (Å²) < 4.78 is 0. The van der Waals surface area contributed by atoms with Gasteiger partial charge in [0.25, 0.3) is 0 Å². The Morgan fingerprint density at radius 2 is 1.79 bits per heavy atom. The maximum absolute atomic E-state index is 5.68. The third-order valence-corrected chi connectivity index (χ3v) is 4.23. The van der Waals surface area contributed by atoms with Crippen LogP contribution in [0.25, 0.3) is 11.3 Å². The SMILES string of the molecule is Cc1nc(-c2ccc(C(C)(C)C)cc2)c(CCN)s1. The van der Waals surface area contributed by atoms with E-state index in [0.717, 1.165) is 17.1 Å². The molecule has 19 heavy (non-hydrogen) atoms. The zero-order chi connectivity index (χ0) is 14.0. The molecule has 2 N–H and O–H groups in total. The van der Waals surface area contributed by atoms with Crippen LogP contribution >= 0.6 is 11.3 Å². The van der Waals surface area contributed by atoms with Crippen molar-refractivity contribution in [2.24, 2.45) is 5.73 Å². The summed E-state index contributed by atoms with van der Waals surface area (Å²) in [5, 5.41) is 1.11. The van der Waals surface area contributed by atoms with Crippen LogP contribution in [0.2, 0.25) is 0 Å². The van der Waals surface area contributed by atoms with E-state index >= 15 is 0 Å². The number of nitrogens with two attached hydrogens (primary N) is 1. The summed E-state index contributed by atoms with van der Waals surface area (Å²) in [6.07, 6.45) is 0.905. The molecule has 1 aromatic heterocycles. The molecule has 0 bridgehead atoms. The highest BCUT2D eigenvalue weighted by Gasteiger charge is 2.15. The highest BCUT2D eigenvalue weighted by molar-refractivity contribution is 7.12. The van der Waals surface area contributed by atoms with Gasteiger partial charge in [-0.15, -0.1) is 11.3 Å². The third-order valence-electron chi connectivity index (χ3n) is 3.20. The summed E-state index contributed by atoms with van der Waals surface area (Å²) in [7, 11) is 0. The molecule has 0 unspecified atom stereocenters.